The Bertz CT molecular complexity index is 723. The van der Waals surface area contributed by atoms with Gasteiger partial charge in [-0.05, 0) is 17.5 Å². The maximum Gasteiger partial charge on any atom is 0.431 e. The van der Waals surface area contributed by atoms with Gasteiger partial charge in [0.1, 0.15) is 13.2 Å². The lowest BCUT2D eigenvalue weighted by atomic mass is 10.2. The molecule has 2 aromatic rings. The van der Waals surface area contributed by atoms with Crippen LogP contribution in [0.1, 0.15) is 37.3 Å². The fraction of sp³-hybridized carbons (Fsp3) is 0.273. The number of carbonyl (C=O) groups is 2. The minimum atomic E-state index is -0.846. The summed E-state index contributed by atoms with van der Waals surface area (Å²) in [6.07, 6.45) is 0.761. The summed E-state index contributed by atoms with van der Waals surface area (Å²) in [5.74, 6) is 2.82. The largest absolute Gasteiger partial charge is 0.443 e. The van der Waals surface area contributed by atoms with Crippen LogP contribution in [0, 0.1) is 12.0 Å². The summed E-state index contributed by atoms with van der Waals surface area (Å²) < 4.78 is 10.4. The lowest BCUT2D eigenvalue weighted by molar-refractivity contribution is 0.0862. The molecule has 2 aromatic carbocycles. The number of rotatable bonds is 6. The van der Waals surface area contributed by atoms with E-state index in [1.165, 1.54) is 0 Å². The minimum absolute atomic E-state index is 0.0543. The summed E-state index contributed by atoms with van der Waals surface area (Å²) >= 11 is 0. The van der Waals surface area contributed by atoms with Gasteiger partial charge in [-0.3, -0.25) is 0 Å². The number of hydrogen-bond donors (Lipinski definition) is 0. The van der Waals surface area contributed by atoms with E-state index in [9.17, 15) is 9.59 Å². The molecule has 0 saturated heterocycles. The van der Waals surface area contributed by atoms with Crippen molar-refractivity contribution in [2.75, 3.05) is 0 Å². The number of nitrogens with zero attached hydrogens (tertiary/aromatic N) is 1. The van der Waals surface area contributed by atoms with Gasteiger partial charge in [-0.25, -0.2) is 9.59 Å². The van der Waals surface area contributed by atoms with Crippen molar-refractivity contribution in [1.82, 2.24) is 4.90 Å². The van der Waals surface area contributed by atoms with Crippen LogP contribution in [0.15, 0.2) is 60.7 Å². The van der Waals surface area contributed by atoms with Crippen LogP contribution in [0.3, 0.4) is 0 Å². The molecular weight excluding hydrogens is 342 g/mol. The highest BCUT2D eigenvalue weighted by molar-refractivity contribution is 5.90. The van der Waals surface area contributed by atoms with Gasteiger partial charge in [-0.1, -0.05) is 79.9 Å². The number of hydrogen-bond acceptors (Lipinski definition) is 4. The van der Waals surface area contributed by atoms with Crippen LogP contribution in [0.25, 0.3) is 0 Å². The van der Waals surface area contributed by atoms with E-state index in [1.54, 1.807) is 0 Å². The summed E-state index contributed by atoms with van der Waals surface area (Å²) in [4.78, 5) is 25.4. The van der Waals surface area contributed by atoms with Crippen LogP contribution in [0.4, 0.5) is 9.59 Å². The molecule has 27 heavy (non-hydrogen) atoms. The van der Waals surface area contributed by atoms with Crippen molar-refractivity contribution in [2.45, 2.75) is 39.4 Å². The molecule has 0 saturated carbocycles. The number of imide groups is 1. The summed E-state index contributed by atoms with van der Waals surface area (Å²) in [7, 11) is 0. The Morgan fingerprint density at radius 2 is 1.33 bits per heavy atom. The van der Waals surface area contributed by atoms with E-state index in [-0.39, 0.29) is 13.2 Å². The van der Waals surface area contributed by atoms with Gasteiger partial charge < -0.3 is 9.47 Å². The number of amides is 2. The molecular formula is C22H23NO4. The molecule has 0 unspecified atom stereocenters. The number of ether oxygens (including phenoxy) is 2. The molecule has 0 N–H and O–H groups in total. The van der Waals surface area contributed by atoms with Crippen molar-refractivity contribution in [2.24, 2.45) is 0 Å². The summed E-state index contributed by atoms with van der Waals surface area (Å²) in [5.41, 5.74) is 1.64. The Kier molecular flexibility index (Phi) is 8.45. The first-order valence-corrected chi connectivity index (χ1v) is 8.90. The van der Waals surface area contributed by atoms with Crippen molar-refractivity contribution in [3.63, 3.8) is 0 Å². The van der Waals surface area contributed by atoms with Gasteiger partial charge in [0.15, 0.2) is 0 Å². The molecule has 0 aliphatic heterocycles. The van der Waals surface area contributed by atoms with Crippen LogP contribution in [0.2, 0.25) is 0 Å². The number of carbonyl (C=O) groups excluding carboxylic acids is 2. The standard InChI is InChI=1S/C22H23NO4/c1-2-3-4-11-16-23(21(24)26-17-19-12-7-5-8-13-19)22(25)27-18-20-14-9-6-10-15-20/h5-10,12-15H,2-4,17-18H2,1H3. The monoisotopic (exact) mass is 365 g/mol. The number of unbranched alkanes of at least 4 members (excludes halogenated alkanes) is 2. The van der Waals surface area contributed by atoms with E-state index in [0.29, 0.717) is 11.3 Å². The van der Waals surface area contributed by atoms with Gasteiger partial charge in [-0.2, -0.15) is 0 Å². The molecule has 5 heteroatoms. The summed E-state index contributed by atoms with van der Waals surface area (Å²) in [6.45, 7) is 2.15. The lowest BCUT2D eigenvalue weighted by Gasteiger charge is -2.14. The smallest absolute Gasteiger partial charge is 0.431 e. The predicted molar refractivity (Wildman–Crippen MR) is 102 cm³/mol. The number of benzene rings is 2. The average Bonchev–Trinajstić information content (AvgIpc) is 2.72. The van der Waals surface area contributed by atoms with Crippen LogP contribution >= 0.6 is 0 Å². The topological polar surface area (TPSA) is 55.8 Å². The maximum atomic E-state index is 12.3. The van der Waals surface area contributed by atoms with E-state index < -0.39 is 12.2 Å². The molecule has 5 nitrogen and oxygen atoms in total. The highest BCUT2D eigenvalue weighted by Gasteiger charge is 2.23. The molecule has 0 atom stereocenters. The average molecular weight is 365 g/mol. The van der Waals surface area contributed by atoms with Crippen molar-refractivity contribution in [1.29, 1.82) is 0 Å². The second kappa shape index (κ2) is 11.4. The molecule has 2 amide bonds. The molecule has 140 valence electrons. The van der Waals surface area contributed by atoms with Crippen LogP contribution in [-0.4, -0.2) is 17.1 Å². The molecule has 0 fully saturated rings. The quantitative estimate of drug-likeness (QED) is 0.405. The normalized spacial score (nSPS) is 9.67. The predicted octanol–water partition coefficient (Wildman–Crippen LogP) is 5.11. The lowest BCUT2D eigenvalue weighted by Crippen LogP contribution is -2.33. The first-order chi connectivity index (χ1) is 13.2. The van der Waals surface area contributed by atoms with Crippen LogP contribution < -0.4 is 0 Å². The van der Waals surface area contributed by atoms with Gasteiger partial charge in [0, 0.05) is 12.5 Å². The minimum Gasteiger partial charge on any atom is -0.443 e. The van der Waals surface area contributed by atoms with Crippen molar-refractivity contribution >= 4 is 12.2 Å². The van der Waals surface area contributed by atoms with E-state index in [2.05, 4.69) is 12.0 Å². The second-order valence-electron chi connectivity index (χ2n) is 5.81. The Hall–Kier alpha value is -3.26. The second-order valence-corrected chi connectivity index (χ2v) is 5.81. The van der Waals surface area contributed by atoms with Crippen molar-refractivity contribution in [3.05, 3.63) is 71.8 Å². The van der Waals surface area contributed by atoms with E-state index in [1.807, 2.05) is 67.6 Å². The fourth-order valence-corrected chi connectivity index (χ4v) is 2.13. The first-order valence-electron chi connectivity index (χ1n) is 8.90. The third-order valence-electron chi connectivity index (χ3n) is 3.62. The van der Waals surface area contributed by atoms with Gasteiger partial charge in [0.25, 0.3) is 0 Å². The Balaban J connectivity index is 1.98. The molecule has 0 radical (unpaired) electrons. The summed E-state index contributed by atoms with van der Waals surface area (Å²) in [6, 6.07) is 21.0. The zero-order valence-corrected chi connectivity index (χ0v) is 15.4. The third kappa shape index (κ3) is 7.25. The van der Waals surface area contributed by atoms with Gasteiger partial charge in [0.2, 0.25) is 0 Å². The Morgan fingerprint density at radius 1 is 0.852 bits per heavy atom. The van der Waals surface area contributed by atoms with Crippen molar-refractivity contribution in [3.8, 4) is 12.0 Å². The van der Waals surface area contributed by atoms with Crippen LogP contribution in [0.5, 0.6) is 0 Å². The maximum absolute atomic E-state index is 12.3. The highest BCUT2D eigenvalue weighted by atomic mass is 16.6. The van der Waals surface area contributed by atoms with E-state index in [0.717, 1.165) is 24.0 Å². The molecule has 0 spiro atoms. The Labute approximate surface area is 159 Å². The van der Waals surface area contributed by atoms with E-state index >= 15 is 0 Å². The summed E-state index contributed by atoms with van der Waals surface area (Å²) in [5, 5.41) is 0. The fourth-order valence-electron chi connectivity index (χ4n) is 2.13. The molecule has 0 aliphatic carbocycles. The molecule has 0 aromatic heterocycles. The zero-order chi connectivity index (χ0) is 19.3. The molecule has 2 rings (SSSR count). The zero-order valence-electron chi connectivity index (χ0n) is 15.4. The first kappa shape index (κ1) is 20.1. The third-order valence-corrected chi connectivity index (χ3v) is 3.62. The Morgan fingerprint density at radius 3 is 1.78 bits per heavy atom. The molecule has 0 bridgehead atoms. The van der Waals surface area contributed by atoms with E-state index in [4.69, 9.17) is 9.47 Å². The molecule has 0 heterocycles. The SMILES string of the molecule is CCCCC#CN(C(=O)OCc1ccccc1)C(=O)OCc1ccccc1. The van der Waals surface area contributed by atoms with Crippen molar-refractivity contribution < 1.29 is 19.1 Å². The highest BCUT2D eigenvalue weighted by Crippen LogP contribution is 2.07. The van der Waals surface area contributed by atoms with Gasteiger partial charge in [-0.15, -0.1) is 4.90 Å². The van der Waals surface area contributed by atoms with Crippen LogP contribution in [-0.2, 0) is 22.7 Å². The van der Waals surface area contributed by atoms with Gasteiger partial charge in [0.05, 0.1) is 0 Å². The van der Waals surface area contributed by atoms with Gasteiger partial charge >= 0.3 is 12.2 Å². The molecule has 0 aliphatic rings.